The van der Waals surface area contributed by atoms with Gasteiger partial charge in [-0.3, -0.25) is 9.59 Å². The SMILES string of the molecule is CCCCCCCCCCCCOOOCCC1CC(=O)OC1=O. The van der Waals surface area contributed by atoms with Crippen LogP contribution in [0.2, 0.25) is 0 Å². The van der Waals surface area contributed by atoms with Gasteiger partial charge in [0.2, 0.25) is 0 Å². The molecule has 1 aliphatic rings. The molecular weight excluding hydrogens is 312 g/mol. The van der Waals surface area contributed by atoms with E-state index < -0.39 is 17.9 Å². The molecule has 1 heterocycles. The summed E-state index contributed by atoms with van der Waals surface area (Å²) in [5, 5.41) is 4.60. The molecule has 1 fully saturated rings. The largest absolute Gasteiger partial charge is 0.393 e. The standard InChI is InChI=1S/C18H32O6/c1-2-3-4-5-6-7-8-9-10-11-13-21-24-22-14-12-16-15-17(19)23-18(16)20/h16H,2-15H2,1H3. The second-order valence-corrected chi connectivity index (χ2v) is 6.38. The van der Waals surface area contributed by atoms with Crippen molar-refractivity contribution in [2.75, 3.05) is 13.2 Å². The van der Waals surface area contributed by atoms with Crippen LogP contribution in [0.1, 0.15) is 84.0 Å². The fourth-order valence-electron chi connectivity index (χ4n) is 2.68. The van der Waals surface area contributed by atoms with Crippen molar-refractivity contribution in [3.8, 4) is 0 Å². The Balaban J connectivity index is 1.73. The van der Waals surface area contributed by atoms with Crippen LogP contribution in [-0.4, -0.2) is 25.2 Å². The van der Waals surface area contributed by atoms with E-state index in [1.807, 2.05) is 0 Å². The Hall–Kier alpha value is -0.980. The van der Waals surface area contributed by atoms with E-state index in [9.17, 15) is 9.59 Å². The topological polar surface area (TPSA) is 71.1 Å². The lowest BCUT2D eigenvalue weighted by atomic mass is 10.1. The Labute approximate surface area is 145 Å². The Kier molecular flexibility index (Phi) is 12.6. The number of unbranched alkanes of at least 4 members (excludes halogenated alkanes) is 9. The molecule has 1 rings (SSSR count). The first kappa shape index (κ1) is 21.1. The van der Waals surface area contributed by atoms with Gasteiger partial charge in [0, 0.05) is 0 Å². The zero-order valence-corrected chi connectivity index (χ0v) is 14.9. The first-order valence-corrected chi connectivity index (χ1v) is 9.39. The molecule has 1 aliphatic heterocycles. The lowest BCUT2D eigenvalue weighted by Gasteiger charge is -2.05. The van der Waals surface area contributed by atoms with Gasteiger partial charge in [-0.25, -0.2) is 9.78 Å². The van der Waals surface area contributed by atoms with E-state index in [2.05, 4.69) is 16.7 Å². The van der Waals surface area contributed by atoms with Crippen LogP contribution in [0, 0.1) is 5.92 Å². The van der Waals surface area contributed by atoms with Crippen LogP contribution in [0.15, 0.2) is 0 Å². The van der Waals surface area contributed by atoms with Crippen molar-refractivity contribution in [3.05, 3.63) is 0 Å². The highest BCUT2D eigenvalue weighted by atomic mass is 17.5. The summed E-state index contributed by atoms with van der Waals surface area (Å²) in [7, 11) is 0. The maximum Gasteiger partial charge on any atom is 0.317 e. The molecule has 1 atom stereocenters. The molecule has 6 heteroatoms. The maximum absolute atomic E-state index is 11.2. The summed E-state index contributed by atoms with van der Waals surface area (Å²) in [5.41, 5.74) is 0. The lowest BCUT2D eigenvalue weighted by Crippen LogP contribution is -2.11. The maximum atomic E-state index is 11.2. The Morgan fingerprint density at radius 1 is 0.875 bits per heavy atom. The molecule has 0 saturated carbocycles. The number of hydrogen-bond donors (Lipinski definition) is 0. The van der Waals surface area contributed by atoms with Gasteiger partial charge in [0.05, 0.1) is 25.6 Å². The highest BCUT2D eigenvalue weighted by molar-refractivity contribution is 5.94. The molecule has 1 saturated heterocycles. The van der Waals surface area contributed by atoms with Crippen LogP contribution < -0.4 is 0 Å². The third-order valence-corrected chi connectivity index (χ3v) is 4.19. The number of carbonyl (C=O) groups excluding carboxylic acids is 2. The lowest BCUT2D eigenvalue weighted by molar-refractivity contribution is -0.512. The Morgan fingerprint density at radius 3 is 2.04 bits per heavy atom. The zero-order chi connectivity index (χ0) is 17.5. The molecule has 0 N–H and O–H groups in total. The molecule has 1 unspecified atom stereocenters. The molecule has 0 bridgehead atoms. The van der Waals surface area contributed by atoms with Crippen molar-refractivity contribution >= 4 is 11.9 Å². The minimum absolute atomic E-state index is 0.127. The van der Waals surface area contributed by atoms with Gasteiger partial charge in [-0.1, -0.05) is 69.7 Å². The average Bonchev–Trinajstić information content (AvgIpc) is 2.88. The first-order valence-electron chi connectivity index (χ1n) is 9.39. The van der Waals surface area contributed by atoms with Crippen molar-refractivity contribution in [3.63, 3.8) is 0 Å². The molecule has 0 aliphatic carbocycles. The van der Waals surface area contributed by atoms with Crippen LogP contribution in [0.4, 0.5) is 0 Å². The van der Waals surface area contributed by atoms with E-state index >= 15 is 0 Å². The minimum atomic E-state index is -0.477. The molecule has 140 valence electrons. The van der Waals surface area contributed by atoms with Gasteiger partial charge in [0.1, 0.15) is 0 Å². The average molecular weight is 344 g/mol. The highest BCUT2D eigenvalue weighted by Gasteiger charge is 2.32. The van der Waals surface area contributed by atoms with Crippen LogP contribution in [0.5, 0.6) is 0 Å². The fourth-order valence-corrected chi connectivity index (χ4v) is 2.68. The van der Waals surface area contributed by atoms with Gasteiger partial charge in [-0.15, -0.1) is 0 Å². The van der Waals surface area contributed by atoms with Crippen molar-refractivity contribution < 1.29 is 29.1 Å². The van der Waals surface area contributed by atoms with Gasteiger partial charge >= 0.3 is 11.9 Å². The summed E-state index contributed by atoms with van der Waals surface area (Å²) in [6, 6.07) is 0. The van der Waals surface area contributed by atoms with Crippen LogP contribution in [0.25, 0.3) is 0 Å². The molecule has 0 radical (unpaired) electrons. The molecule has 0 aromatic rings. The third kappa shape index (κ3) is 10.7. The predicted octanol–water partition coefficient (Wildman–Crippen LogP) is 4.27. The molecule has 0 aromatic carbocycles. The van der Waals surface area contributed by atoms with Crippen molar-refractivity contribution in [2.24, 2.45) is 5.92 Å². The normalized spacial score (nSPS) is 17.5. The van der Waals surface area contributed by atoms with Gasteiger partial charge in [0.15, 0.2) is 0 Å². The second-order valence-electron chi connectivity index (χ2n) is 6.38. The van der Waals surface area contributed by atoms with E-state index in [1.54, 1.807) is 0 Å². The van der Waals surface area contributed by atoms with Crippen molar-refractivity contribution in [2.45, 2.75) is 84.0 Å². The molecule has 0 amide bonds. The first-order chi connectivity index (χ1) is 11.7. The van der Waals surface area contributed by atoms with E-state index in [1.165, 1.54) is 51.4 Å². The smallest absolute Gasteiger partial charge is 0.317 e. The predicted molar refractivity (Wildman–Crippen MR) is 88.7 cm³/mol. The number of rotatable bonds is 16. The van der Waals surface area contributed by atoms with E-state index in [0.29, 0.717) is 13.0 Å². The Morgan fingerprint density at radius 2 is 1.46 bits per heavy atom. The Bertz CT molecular complexity index is 344. The van der Waals surface area contributed by atoms with Crippen LogP contribution in [0.3, 0.4) is 0 Å². The second kappa shape index (κ2) is 14.4. The number of ether oxygens (including phenoxy) is 1. The summed E-state index contributed by atoms with van der Waals surface area (Å²) in [6.45, 7) is 2.94. The van der Waals surface area contributed by atoms with Gasteiger partial charge in [-0.05, 0) is 12.8 Å². The highest BCUT2D eigenvalue weighted by Crippen LogP contribution is 2.19. The minimum Gasteiger partial charge on any atom is -0.393 e. The summed E-state index contributed by atoms with van der Waals surface area (Å²) in [4.78, 5) is 31.8. The van der Waals surface area contributed by atoms with Crippen molar-refractivity contribution in [1.82, 2.24) is 0 Å². The number of esters is 2. The van der Waals surface area contributed by atoms with Gasteiger partial charge < -0.3 is 4.74 Å². The van der Waals surface area contributed by atoms with Gasteiger partial charge in [-0.2, -0.15) is 0 Å². The van der Waals surface area contributed by atoms with Crippen LogP contribution >= 0.6 is 0 Å². The van der Waals surface area contributed by atoms with Crippen LogP contribution in [-0.2, 0) is 29.1 Å². The van der Waals surface area contributed by atoms with Gasteiger partial charge in [0.25, 0.3) is 0 Å². The summed E-state index contributed by atoms with van der Waals surface area (Å²) in [5.74, 6) is -1.36. The summed E-state index contributed by atoms with van der Waals surface area (Å²) in [6.07, 6.45) is 13.2. The summed E-state index contributed by atoms with van der Waals surface area (Å²) >= 11 is 0. The molecular formula is C18H32O6. The third-order valence-electron chi connectivity index (χ3n) is 4.19. The quantitative estimate of drug-likeness (QED) is 0.137. The molecule has 24 heavy (non-hydrogen) atoms. The zero-order valence-electron chi connectivity index (χ0n) is 14.9. The van der Waals surface area contributed by atoms with E-state index in [4.69, 9.17) is 9.78 Å². The van der Waals surface area contributed by atoms with E-state index in [0.717, 1.165) is 12.8 Å². The number of cyclic esters (lactones) is 2. The molecule has 6 nitrogen and oxygen atoms in total. The monoisotopic (exact) mass is 344 g/mol. The number of hydrogen-bond acceptors (Lipinski definition) is 6. The molecule has 0 aromatic heterocycles. The fraction of sp³-hybridized carbons (Fsp3) is 0.889. The summed E-state index contributed by atoms with van der Waals surface area (Å²) < 4.78 is 4.44. The molecule has 0 spiro atoms. The number of carbonyl (C=O) groups is 2. The van der Waals surface area contributed by atoms with E-state index in [-0.39, 0.29) is 13.0 Å². The van der Waals surface area contributed by atoms with Crippen molar-refractivity contribution in [1.29, 1.82) is 0 Å².